The minimum atomic E-state index is -1.15. The molecule has 0 spiro atoms. The van der Waals surface area contributed by atoms with Crippen LogP contribution in [0, 0.1) is 3.57 Å². The van der Waals surface area contributed by atoms with E-state index in [4.69, 9.17) is 23.7 Å². The average molecular weight is 745 g/mol. The molecule has 13 heteroatoms. The fourth-order valence-corrected chi connectivity index (χ4v) is 5.40. The van der Waals surface area contributed by atoms with Gasteiger partial charge in [-0.3, -0.25) is 5.43 Å². The molecule has 0 saturated heterocycles. The van der Waals surface area contributed by atoms with Crippen LogP contribution in [0.5, 0.6) is 23.0 Å². The van der Waals surface area contributed by atoms with E-state index in [9.17, 15) is 14.7 Å². The van der Waals surface area contributed by atoms with E-state index in [1.807, 2.05) is 56.3 Å². The Hall–Kier alpha value is -4.50. The summed E-state index contributed by atoms with van der Waals surface area (Å²) in [6, 6.07) is 17.4. The second-order valence-electron chi connectivity index (χ2n) is 9.95. The molecule has 244 valence electrons. The number of nitrogens with one attached hydrogen (secondary N) is 3. The Morgan fingerprint density at radius 3 is 2.48 bits per heavy atom. The van der Waals surface area contributed by atoms with Crippen molar-refractivity contribution < 1.29 is 38.4 Å². The highest BCUT2D eigenvalue weighted by Gasteiger charge is 2.32. The van der Waals surface area contributed by atoms with E-state index >= 15 is 0 Å². The minimum Gasteiger partial charge on any atom is -0.490 e. The molecular weight excluding hydrogens is 707 g/mol. The van der Waals surface area contributed by atoms with Crippen molar-refractivity contribution in [1.82, 2.24) is 16.1 Å². The largest absolute Gasteiger partial charge is 0.490 e. The van der Waals surface area contributed by atoms with Crippen LogP contribution in [-0.2, 0) is 16.1 Å². The summed E-state index contributed by atoms with van der Waals surface area (Å²) in [4.78, 5) is 24.6. The zero-order chi connectivity index (χ0) is 33.1. The van der Waals surface area contributed by atoms with Crippen LogP contribution < -0.4 is 35.0 Å². The van der Waals surface area contributed by atoms with Crippen LogP contribution in [0.2, 0.25) is 0 Å². The topological polar surface area (TPSA) is 149 Å². The number of carbonyl (C=O) groups excluding carboxylic acids is 2. The summed E-state index contributed by atoms with van der Waals surface area (Å²) in [7, 11) is 1.28. The van der Waals surface area contributed by atoms with Crippen molar-refractivity contribution in [3.63, 3.8) is 0 Å². The van der Waals surface area contributed by atoms with Gasteiger partial charge in [-0.05, 0) is 84.3 Å². The van der Waals surface area contributed by atoms with Crippen LogP contribution in [-0.4, -0.2) is 56.5 Å². The minimum absolute atomic E-state index is 0.152. The number of esters is 1. The number of aliphatic hydroxyl groups is 1. The number of carbonyl (C=O) groups is 2. The van der Waals surface area contributed by atoms with Gasteiger partial charge in [0.15, 0.2) is 29.2 Å². The summed E-state index contributed by atoms with van der Waals surface area (Å²) in [5.41, 5.74) is 5.70. The number of urea groups is 1. The van der Waals surface area contributed by atoms with E-state index in [-0.39, 0.29) is 12.2 Å². The second kappa shape index (κ2) is 16.7. The van der Waals surface area contributed by atoms with Crippen molar-refractivity contribution >= 4 is 40.8 Å². The number of amides is 2. The number of methoxy groups -OCH3 is 1. The van der Waals surface area contributed by atoms with Crippen LogP contribution in [0.1, 0.15) is 43.5 Å². The average Bonchev–Trinajstić information content (AvgIpc) is 3.04. The lowest BCUT2D eigenvalue weighted by Crippen LogP contribution is -2.45. The summed E-state index contributed by atoms with van der Waals surface area (Å²) in [6.45, 7) is 6.41. The van der Waals surface area contributed by atoms with Crippen LogP contribution in [0.15, 0.2) is 77.0 Å². The molecule has 46 heavy (non-hydrogen) atoms. The Bertz CT molecular complexity index is 1580. The van der Waals surface area contributed by atoms with Crippen LogP contribution >= 0.6 is 22.6 Å². The van der Waals surface area contributed by atoms with Gasteiger partial charge in [-0.2, -0.15) is 5.10 Å². The highest BCUT2D eigenvalue weighted by Crippen LogP contribution is 2.36. The molecule has 4 rings (SSSR count). The fourth-order valence-electron chi connectivity index (χ4n) is 4.62. The molecule has 3 aromatic carbocycles. The quantitative estimate of drug-likeness (QED) is 0.0567. The number of benzene rings is 3. The number of aliphatic hydroxyl groups excluding tert-OH is 1. The van der Waals surface area contributed by atoms with E-state index in [0.717, 1.165) is 14.7 Å². The molecule has 0 bridgehead atoms. The number of hydrogen-bond acceptors (Lipinski definition) is 10. The number of allylic oxidation sites excluding steroid dienone is 1. The van der Waals surface area contributed by atoms with Gasteiger partial charge >= 0.3 is 12.0 Å². The first kappa shape index (κ1) is 34.4. The zero-order valence-electron chi connectivity index (χ0n) is 26.0. The van der Waals surface area contributed by atoms with Gasteiger partial charge < -0.3 is 39.4 Å². The highest BCUT2D eigenvalue weighted by molar-refractivity contribution is 14.1. The third-order valence-corrected chi connectivity index (χ3v) is 7.47. The predicted octanol–water partition coefficient (Wildman–Crippen LogP) is 4.79. The SMILES string of the molecule is CCOc1cc([C@H]2NC(=O)NC(C)=C2C(=O)OC)ccc1OC[C@H](O)N/N=C/c1cc(I)c(OCc2ccccc2)c(OCC)c1. The van der Waals surface area contributed by atoms with E-state index < -0.39 is 24.3 Å². The van der Waals surface area contributed by atoms with Crippen molar-refractivity contribution in [2.75, 3.05) is 26.9 Å². The maximum absolute atomic E-state index is 12.5. The molecule has 1 heterocycles. The Labute approximate surface area is 281 Å². The first-order valence-electron chi connectivity index (χ1n) is 14.6. The fraction of sp³-hybridized carbons (Fsp3) is 0.303. The summed E-state index contributed by atoms with van der Waals surface area (Å²) < 4.78 is 29.3. The van der Waals surface area contributed by atoms with Gasteiger partial charge in [0.25, 0.3) is 0 Å². The standard InChI is InChI=1S/C33H37IN4O8/c1-5-43-26-16-23(30-29(32(40)42-4)20(3)36-33(41)37-30)12-13-25(26)45-19-28(39)38-35-17-22-14-24(34)31(27(15-22)44-6-2)46-18-21-10-8-7-9-11-21/h7-17,28,30,38-39H,5-6,18-19H2,1-4H3,(H2,36,37,41)/b35-17+/t28-,30+/m0/s1. The van der Waals surface area contributed by atoms with Gasteiger partial charge in [-0.25, -0.2) is 9.59 Å². The number of ether oxygens (including phenoxy) is 5. The Morgan fingerprint density at radius 2 is 1.76 bits per heavy atom. The Balaban J connectivity index is 1.40. The zero-order valence-corrected chi connectivity index (χ0v) is 28.1. The molecule has 0 aromatic heterocycles. The monoisotopic (exact) mass is 744 g/mol. The number of nitrogens with zero attached hydrogens (tertiary/aromatic N) is 1. The number of halogens is 1. The molecule has 2 amide bonds. The van der Waals surface area contributed by atoms with Crippen LogP contribution in [0.3, 0.4) is 0 Å². The molecule has 0 radical (unpaired) electrons. The highest BCUT2D eigenvalue weighted by atomic mass is 127. The lowest BCUT2D eigenvalue weighted by atomic mass is 9.95. The molecular formula is C33H37IN4O8. The van der Waals surface area contributed by atoms with Crippen LogP contribution in [0.25, 0.3) is 0 Å². The summed E-state index contributed by atoms with van der Waals surface area (Å²) in [6.07, 6.45) is 0.418. The Kier molecular flexibility index (Phi) is 12.5. The number of hydrogen-bond donors (Lipinski definition) is 4. The van der Waals surface area contributed by atoms with Crippen molar-refractivity contribution in [2.45, 2.75) is 39.6 Å². The van der Waals surface area contributed by atoms with Crippen molar-refractivity contribution in [3.05, 3.63) is 92.2 Å². The molecule has 2 atom stereocenters. The van der Waals surface area contributed by atoms with Gasteiger partial charge in [-0.15, -0.1) is 0 Å². The van der Waals surface area contributed by atoms with Gasteiger partial charge in [0, 0.05) is 5.70 Å². The van der Waals surface area contributed by atoms with E-state index in [2.05, 4.69) is 43.8 Å². The lowest BCUT2D eigenvalue weighted by Gasteiger charge is -2.28. The normalized spacial score (nSPS) is 15.1. The van der Waals surface area contributed by atoms with E-state index in [1.54, 1.807) is 31.3 Å². The summed E-state index contributed by atoms with van der Waals surface area (Å²) >= 11 is 2.20. The first-order chi connectivity index (χ1) is 22.2. The van der Waals surface area contributed by atoms with Gasteiger partial charge in [0.05, 0.1) is 41.7 Å². The number of rotatable bonds is 15. The molecule has 0 aliphatic carbocycles. The molecule has 4 N–H and O–H groups in total. The Morgan fingerprint density at radius 1 is 1.02 bits per heavy atom. The molecule has 1 aliphatic heterocycles. The van der Waals surface area contributed by atoms with Gasteiger partial charge in [0.2, 0.25) is 0 Å². The van der Waals surface area contributed by atoms with Crippen LogP contribution in [0.4, 0.5) is 4.79 Å². The van der Waals surface area contributed by atoms with E-state index in [0.29, 0.717) is 54.1 Å². The van der Waals surface area contributed by atoms with Crippen molar-refractivity contribution in [2.24, 2.45) is 5.10 Å². The third kappa shape index (κ3) is 9.03. The first-order valence-corrected chi connectivity index (χ1v) is 15.7. The molecule has 1 aliphatic rings. The predicted molar refractivity (Wildman–Crippen MR) is 180 cm³/mol. The molecule has 3 aromatic rings. The third-order valence-electron chi connectivity index (χ3n) is 6.67. The maximum atomic E-state index is 12.5. The second-order valence-corrected chi connectivity index (χ2v) is 11.1. The van der Waals surface area contributed by atoms with Crippen molar-refractivity contribution in [1.29, 1.82) is 0 Å². The summed E-state index contributed by atoms with van der Waals surface area (Å²) in [5, 5.41) is 20.0. The van der Waals surface area contributed by atoms with E-state index in [1.165, 1.54) is 7.11 Å². The smallest absolute Gasteiger partial charge is 0.337 e. The van der Waals surface area contributed by atoms with Gasteiger partial charge in [0.1, 0.15) is 13.2 Å². The molecule has 0 unspecified atom stereocenters. The van der Waals surface area contributed by atoms with Gasteiger partial charge in [-0.1, -0.05) is 36.4 Å². The number of hydrazone groups is 1. The van der Waals surface area contributed by atoms with Crippen molar-refractivity contribution in [3.8, 4) is 23.0 Å². The maximum Gasteiger partial charge on any atom is 0.337 e. The molecule has 0 saturated carbocycles. The summed E-state index contributed by atoms with van der Waals surface area (Å²) in [5.74, 6) is 1.40. The molecule has 0 fully saturated rings. The molecule has 12 nitrogen and oxygen atoms in total. The lowest BCUT2D eigenvalue weighted by molar-refractivity contribution is -0.136.